The van der Waals surface area contributed by atoms with Gasteiger partial charge in [-0.1, -0.05) is 41.5 Å². The first-order valence-electron chi connectivity index (χ1n) is 9.22. The normalized spacial score (nSPS) is 24.4. The number of rotatable bonds is 6. The molecule has 1 N–H and O–H groups in total. The van der Waals surface area contributed by atoms with Crippen molar-refractivity contribution in [2.24, 2.45) is 0 Å². The zero-order chi connectivity index (χ0) is 17.9. The van der Waals surface area contributed by atoms with Gasteiger partial charge in [0.15, 0.2) is 0 Å². The van der Waals surface area contributed by atoms with Crippen LogP contribution in [0.15, 0.2) is 35.9 Å². The molecule has 1 saturated heterocycles. The third-order valence-electron chi connectivity index (χ3n) is 5.21. The number of carbonyl (C=O) groups is 1. The van der Waals surface area contributed by atoms with Gasteiger partial charge in [0.05, 0.1) is 24.7 Å². The maximum Gasteiger partial charge on any atom is 0.230 e. The number of hydrogen-bond acceptors (Lipinski definition) is 3. The fourth-order valence-electron chi connectivity index (χ4n) is 3.33. The Bertz CT molecular complexity index is 627. The molecule has 0 radical (unpaired) electrons. The van der Waals surface area contributed by atoms with Gasteiger partial charge in [0.25, 0.3) is 0 Å². The molecule has 3 rings (SSSR count). The minimum atomic E-state index is -0.337. The second-order valence-corrected chi connectivity index (χ2v) is 7.54. The van der Waals surface area contributed by atoms with Crippen LogP contribution in [0.25, 0.3) is 0 Å². The van der Waals surface area contributed by atoms with E-state index in [0.29, 0.717) is 19.8 Å². The van der Waals surface area contributed by atoms with Crippen LogP contribution in [0.1, 0.15) is 44.2 Å². The van der Waals surface area contributed by atoms with Crippen molar-refractivity contribution in [2.45, 2.75) is 57.6 Å². The second-order valence-electron chi connectivity index (χ2n) is 7.54. The van der Waals surface area contributed by atoms with Gasteiger partial charge in [-0.3, -0.25) is 4.79 Å². The summed E-state index contributed by atoms with van der Waals surface area (Å²) in [6, 6.07) is 8.38. The molecule has 2 unspecified atom stereocenters. The number of benzene rings is 1. The van der Waals surface area contributed by atoms with Crippen molar-refractivity contribution >= 4 is 5.91 Å². The number of ether oxygens (including phenoxy) is 2. The smallest absolute Gasteiger partial charge is 0.230 e. The fourth-order valence-corrected chi connectivity index (χ4v) is 3.33. The third-order valence-corrected chi connectivity index (χ3v) is 5.21. The number of nitrogens with one attached hydrogen (secondary N) is 1. The van der Waals surface area contributed by atoms with E-state index in [2.05, 4.69) is 56.4 Å². The Morgan fingerprint density at radius 1 is 1.32 bits per heavy atom. The van der Waals surface area contributed by atoms with Gasteiger partial charge in [-0.2, -0.15) is 0 Å². The summed E-state index contributed by atoms with van der Waals surface area (Å²) >= 11 is 0. The summed E-state index contributed by atoms with van der Waals surface area (Å²) in [5, 5.41) is 3.26. The van der Waals surface area contributed by atoms with Crippen molar-refractivity contribution in [1.82, 2.24) is 5.32 Å². The van der Waals surface area contributed by atoms with Gasteiger partial charge in [0, 0.05) is 6.61 Å². The molecule has 1 aromatic rings. The minimum Gasteiger partial charge on any atom is -0.379 e. The van der Waals surface area contributed by atoms with Crippen LogP contribution < -0.4 is 5.32 Å². The highest BCUT2D eigenvalue weighted by molar-refractivity contribution is 5.91. The van der Waals surface area contributed by atoms with Crippen LogP contribution in [0.3, 0.4) is 0 Å². The van der Waals surface area contributed by atoms with E-state index >= 15 is 0 Å². The zero-order valence-corrected chi connectivity index (χ0v) is 15.5. The Balaban J connectivity index is 1.64. The Morgan fingerprint density at radius 2 is 2.04 bits per heavy atom. The molecule has 0 aromatic heterocycles. The lowest BCUT2D eigenvalue weighted by Crippen LogP contribution is -2.52. The largest absolute Gasteiger partial charge is 0.379 e. The molecular weight excluding hydrogens is 314 g/mol. The van der Waals surface area contributed by atoms with E-state index in [1.54, 1.807) is 0 Å². The molecule has 4 nitrogen and oxygen atoms in total. The van der Waals surface area contributed by atoms with Gasteiger partial charge in [-0.05, 0) is 45.6 Å². The van der Waals surface area contributed by atoms with Crippen LogP contribution >= 0.6 is 0 Å². The molecule has 1 saturated carbocycles. The lowest BCUT2D eigenvalue weighted by molar-refractivity contribution is -0.128. The maximum atomic E-state index is 13.0. The topological polar surface area (TPSA) is 47.6 Å². The summed E-state index contributed by atoms with van der Waals surface area (Å²) in [5.41, 5.74) is 3.24. The van der Waals surface area contributed by atoms with Crippen molar-refractivity contribution in [2.75, 3.05) is 19.8 Å². The van der Waals surface area contributed by atoms with E-state index in [9.17, 15) is 4.79 Å². The molecular formula is C21H29NO3. The molecule has 2 atom stereocenters. The summed E-state index contributed by atoms with van der Waals surface area (Å²) in [6.07, 6.45) is 4.63. The highest BCUT2D eigenvalue weighted by Crippen LogP contribution is 2.48. The van der Waals surface area contributed by atoms with Gasteiger partial charge >= 0.3 is 0 Å². The SMILES string of the molecule is CC(C)=CCOC1COCCC1NC(=O)C1(c2ccc(C)cc2)CC1. The van der Waals surface area contributed by atoms with Crippen LogP contribution in [-0.2, 0) is 19.7 Å². The molecule has 1 aliphatic heterocycles. The van der Waals surface area contributed by atoms with E-state index < -0.39 is 0 Å². The van der Waals surface area contributed by atoms with Crippen molar-refractivity contribution in [3.8, 4) is 0 Å². The molecule has 2 aliphatic rings. The summed E-state index contributed by atoms with van der Waals surface area (Å²) in [4.78, 5) is 13.0. The molecule has 0 spiro atoms. The highest BCUT2D eigenvalue weighted by Gasteiger charge is 2.52. The first kappa shape index (κ1) is 18.2. The molecule has 1 amide bonds. The van der Waals surface area contributed by atoms with E-state index in [1.807, 2.05) is 0 Å². The highest BCUT2D eigenvalue weighted by atomic mass is 16.5. The summed E-state index contributed by atoms with van der Waals surface area (Å²) in [7, 11) is 0. The van der Waals surface area contributed by atoms with Crippen LogP contribution in [-0.4, -0.2) is 37.9 Å². The van der Waals surface area contributed by atoms with Crippen molar-refractivity contribution in [3.63, 3.8) is 0 Å². The predicted molar refractivity (Wildman–Crippen MR) is 98.6 cm³/mol. The van der Waals surface area contributed by atoms with E-state index in [-0.39, 0.29) is 23.5 Å². The average Bonchev–Trinajstić information content (AvgIpc) is 3.38. The maximum absolute atomic E-state index is 13.0. The Hall–Kier alpha value is -1.65. The minimum absolute atomic E-state index is 0.0229. The quantitative estimate of drug-likeness (QED) is 0.807. The predicted octanol–water partition coefficient (Wildman–Crippen LogP) is 3.28. The van der Waals surface area contributed by atoms with Gasteiger partial charge in [0.2, 0.25) is 5.91 Å². The summed E-state index contributed by atoms with van der Waals surface area (Å²) < 4.78 is 11.5. The number of allylic oxidation sites excluding steroid dienone is 1. The monoisotopic (exact) mass is 343 g/mol. The summed E-state index contributed by atoms with van der Waals surface area (Å²) in [6.45, 7) is 7.95. The van der Waals surface area contributed by atoms with Crippen LogP contribution in [0, 0.1) is 6.92 Å². The molecule has 1 aromatic carbocycles. The second kappa shape index (κ2) is 7.71. The van der Waals surface area contributed by atoms with E-state index in [0.717, 1.165) is 24.8 Å². The third kappa shape index (κ3) is 4.31. The Kier molecular flexibility index (Phi) is 5.60. The molecule has 2 fully saturated rings. The Labute approximate surface area is 150 Å². The lowest BCUT2D eigenvalue weighted by atomic mass is 9.93. The lowest BCUT2D eigenvalue weighted by Gasteiger charge is -2.33. The van der Waals surface area contributed by atoms with Crippen molar-refractivity contribution < 1.29 is 14.3 Å². The van der Waals surface area contributed by atoms with Crippen LogP contribution in [0.2, 0.25) is 0 Å². The molecule has 25 heavy (non-hydrogen) atoms. The first-order chi connectivity index (χ1) is 12.0. The standard InChI is InChI=1S/C21H29NO3/c1-15(2)8-13-25-19-14-24-12-9-18(19)22-20(23)21(10-11-21)17-6-4-16(3)5-7-17/h4-8,18-19H,9-14H2,1-3H3,(H,22,23). The first-order valence-corrected chi connectivity index (χ1v) is 9.22. The van der Waals surface area contributed by atoms with Crippen LogP contribution in [0.4, 0.5) is 0 Å². The fraction of sp³-hybridized carbons (Fsp3) is 0.571. The number of hydrogen-bond donors (Lipinski definition) is 1. The summed E-state index contributed by atoms with van der Waals surface area (Å²) in [5.74, 6) is 0.138. The molecule has 1 heterocycles. The van der Waals surface area contributed by atoms with Crippen molar-refractivity contribution in [3.05, 3.63) is 47.0 Å². The number of aryl methyl sites for hydroxylation is 1. The van der Waals surface area contributed by atoms with Gasteiger partial charge in [0.1, 0.15) is 6.10 Å². The number of carbonyl (C=O) groups excluding carboxylic acids is 1. The van der Waals surface area contributed by atoms with Gasteiger partial charge in [-0.15, -0.1) is 0 Å². The number of amides is 1. The molecule has 1 aliphatic carbocycles. The van der Waals surface area contributed by atoms with Crippen molar-refractivity contribution in [1.29, 1.82) is 0 Å². The van der Waals surface area contributed by atoms with E-state index in [1.165, 1.54) is 11.1 Å². The van der Waals surface area contributed by atoms with Gasteiger partial charge < -0.3 is 14.8 Å². The Morgan fingerprint density at radius 3 is 2.68 bits per heavy atom. The van der Waals surface area contributed by atoms with Crippen LogP contribution in [0.5, 0.6) is 0 Å². The van der Waals surface area contributed by atoms with E-state index in [4.69, 9.17) is 9.47 Å². The molecule has 4 heteroatoms. The van der Waals surface area contributed by atoms with Gasteiger partial charge in [-0.25, -0.2) is 0 Å². The average molecular weight is 343 g/mol. The molecule has 136 valence electrons. The zero-order valence-electron chi connectivity index (χ0n) is 15.5. The molecule has 0 bridgehead atoms.